The van der Waals surface area contributed by atoms with Crippen molar-refractivity contribution in [3.8, 4) is 0 Å². The van der Waals surface area contributed by atoms with Gasteiger partial charge in [0.2, 0.25) is 0 Å². The van der Waals surface area contributed by atoms with E-state index in [1.165, 1.54) is 0 Å². The fourth-order valence-electron chi connectivity index (χ4n) is 4.69. The van der Waals surface area contributed by atoms with E-state index < -0.39 is 100 Å². The monoisotopic (exact) mass is 547 g/mol. The predicted molar refractivity (Wildman–Crippen MR) is 119 cm³/mol. The molecule has 0 aromatic heterocycles. The van der Waals surface area contributed by atoms with Crippen LogP contribution in [0.3, 0.4) is 0 Å². The van der Waals surface area contributed by atoms with Crippen LogP contribution in [0.4, 0.5) is 0 Å². The molecule has 0 aromatic rings. The van der Waals surface area contributed by atoms with Gasteiger partial charge in [-0.2, -0.15) is 0 Å². The molecular weight excluding hydrogens is 509 g/mol. The molecule has 17 nitrogen and oxygen atoms in total. The fraction of sp³-hybridized carbons (Fsp3) is 1.00. The molecule has 2 heterocycles. The van der Waals surface area contributed by atoms with Crippen LogP contribution in [0, 0.1) is 0 Å². The number of phosphoric acid groups is 1. The smallest absolute Gasteiger partial charge is 0.394 e. The van der Waals surface area contributed by atoms with Gasteiger partial charge < -0.3 is 77.8 Å². The summed E-state index contributed by atoms with van der Waals surface area (Å²) in [5, 5.41) is 40.9. The van der Waals surface area contributed by atoms with Gasteiger partial charge in [0.1, 0.15) is 36.6 Å². The number of hydrogen-bond acceptors (Lipinski definition) is 15. The SMILES string of the molecule is NC[C@H]1O[C@H](O[C@H]2[C@H](O)[C@@H](O[C@H]3O[C@H](CO)[C@@H](O)[C@H](N)[C@H]3OP(=O)(O)O)[C@H](N)C[C@@H]2N)[C@H](N)C[C@@H]1O. The van der Waals surface area contributed by atoms with Gasteiger partial charge in [0.15, 0.2) is 12.6 Å². The highest BCUT2D eigenvalue weighted by molar-refractivity contribution is 7.46. The third-order valence-corrected chi connectivity index (χ3v) is 7.17. The summed E-state index contributed by atoms with van der Waals surface area (Å²) >= 11 is 0. The average molecular weight is 547 g/mol. The first-order chi connectivity index (χ1) is 16.8. The van der Waals surface area contributed by atoms with Crippen LogP contribution < -0.4 is 28.7 Å². The lowest BCUT2D eigenvalue weighted by atomic mass is 9.84. The zero-order valence-corrected chi connectivity index (χ0v) is 20.3. The highest BCUT2D eigenvalue weighted by Crippen LogP contribution is 2.42. The van der Waals surface area contributed by atoms with Crippen molar-refractivity contribution in [2.24, 2.45) is 28.7 Å². The number of aliphatic hydroxyl groups excluding tert-OH is 4. The minimum absolute atomic E-state index is 0.00173. The van der Waals surface area contributed by atoms with Gasteiger partial charge in [-0.05, 0) is 12.8 Å². The van der Waals surface area contributed by atoms with E-state index in [1.807, 2.05) is 0 Å². The minimum Gasteiger partial charge on any atom is -0.394 e. The lowest BCUT2D eigenvalue weighted by Gasteiger charge is -2.48. The second kappa shape index (κ2) is 12.2. The highest BCUT2D eigenvalue weighted by atomic mass is 31.2. The molecule has 0 spiro atoms. The van der Waals surface area contributed by atoms with Gasteiger partial charge in [-0.1, -0.05) is 0 Å². The quantitative estimate of drug-likeness (QED) is 0.126. The molecule has 0 unspecified atom stereocenters. The van der Waals surface area contributed by atoms with Crippen molar-refractivity contribution in [3.63, 3.8) is 0 Å². The first-order valence-corrected chi connectivity index (χ1v) is 13.0. The molecule has 212 valence electrons. The topological polar surface area (TPSA) is 315 Å². The molecule has 0 bridgehead atoms. The lowest BCUT2D eigenvalue weighted by Crippen LogP contribution is -2.68. The number of aliphatic hydroxyl groups is 4. The Morgan fingerprint density at radius 1 is 0.806 bits per heavy atom. The molecule has 14 atom stereocenters. The Labute approximate surface area is 207 Å². The first kappa shape index (κ1) is 30.1. The first-order valence-electron chi connectivity index (χ1n) is 11.5. The van der Waals surface area contributed by atoms with E-state index in [0.29, 0.717) is 0 Å². The van der Waals surface area contributed by atoms with Gasteiger partial charge in [-0.15, -0.1) is 0 Å². The normalized spacial score (nSPS) is 48.6. The van der Waals surface area contributed by atoms with E-state index in [9.17, 15) is 34.8 Å². The number of hydrogen-bond donors (Lipinski definition) is 11. The second-order valence-electron chi connectivity index (χ2n) is 9.35. The zero-order chi connectivity index (χ0) is 26.9. The molecule has 16 N–H and O–H groups in total. The van der Waals surface area contributed by atoms with E-state index in [4.69, 9.17) is 52.1 Å². The van der Waals surface area contributed by atoms with Gasteiger partial charge in [0.05, 0.1) is 30.9 Å². The summed E-state index contributed by atoms with van der Waals surface area (Å²) in [4.78, 5) is 18.6. The molecular formula is C18H38N5O12P. The summed E-state index contributed by atoms with van der Waals surface area (Å²) in [6.45, 7) is -0.694. The Morgan fingerprint density at radius 3 is 1.89 bits per heavy atom. The molecule has 0 radical (unpaired) electrons. The van der Waals surface area contributed by atoms with E-state index >= 15 is 0 Å². The molecule has 3 rings (SSSR count). The van der Waals surface area contributed by atoms with Crippen LogP contribution in [0.1, 0.15) is 12.8 Å². The summed E-state index contributed by atoms with van der Waals surface area (Å²) in [7, 11) is -5.13. The van der Waals surface area contributed by atoms with Crippen LogP contribution in [-0.2, 0) is 28.0 Å². The maximum absolute atomic E-state index is 11.5. The summed E-state index contributed by atoms with van der Waals surface area (Å²) in [5.74, 6) is 0. The number of ether oxygens (including phenoxy) is 4. The summed E-state index contributed by atoms with van der Waals surface area (Å²) in [6, 6.07) is -3.89. The zero-order valence-electron chi connectivity index (χ0n) is 19.4. The molecule has 1 aliphatic carbocycles. The van der Waals surface area contributed by atoms with E-state index in [-0.39, 0.29) is 19.4 Å². The van der Waals surface area contributed by atoms with Crippen molar-refractivity contribution < 1.29 is 58.2 Å². The average Bonchev–Trinajstić information content (AvgIpc) is 2.79. The molecule has 0 amide bonds. The molecule has 1 saturated carbocycles. The van der Waals surface area contributed by atoms with Crippen LogP contribution in [0.15, 0.2) is 0 Å². The van der Waals surface area contributed by atoms with Crippen molar-refractivity contribution in [1.29, 1.82) is 0 Å². The summed E-state index contributed by atoms with van der Waals surface area (Å²) in [5.41, 5.74) is 29.9. The van der Waals surface area contributed by atoms with Crippen LogP contribution in [0.25, 0.3) is 0 Å². The van der Waals surface area contributed by atoms with Gasteiger partial charge in [0, 0.05) is 18.6 Å². The van der Waals surface area contributed by atoms with Crippen LogP contribution in [-0.4, -0.2) is 129 Å². The van der Waals surface area contributed by atoms with Gasteiger partial charge in [-0.3, -0.25) is 4.52 Å². The Bertz CT molecular complexity index is 768. The standard InChI is InChI=1S/C18H38N5O12P/c19-3-9-8(25)2-7(22)17(31-9)33-14-5(20)1-6(21)15(13(14)27)34-18-16(35-36(28,29)30)11(23)12(26)10(4-24)32-18/h5-18,24-27H,1-4,19-23H2,(H2,28,29,30)/t5-,6+,7+,8-,9+,10+,11-,12+,13-,14+,15-,16+,17+,18+/m0/s1. The van der Waals surface area contributed by atoms with Crippen LogP contribution in [0.5, 0.6) is 0 Å². The maximum atomic E-state index is 11.5. The van der Waals surface area contributed by atoms with Crippen LogP contribution >= 0.6 is 7.82 Å². The fourth-order valence-corrected chi connectivity index (χ4v) is 5.25. The van der Waals surface area contributed by atoms with E-state index in [2.05, 4.69) is 0 Å². The van der Waals surface area contributed by atoms with Gasteiger partial charge >= 0.3 is 7.82 Å². The van der Waals surface area contributed by atoms with Crippen molar-refractivity contribution >= 4 is 7.82 Å². The highest BCUT2D eigenvalue weighted by Gasteiger charge is 2.52. The Morgan fingerprint density at radius 2 is 1.36 bits per heavy atom. The predicted octanol–water partition coefficient (Wildman–Crippen LogP) is -6.18. The maximum Gasteiger partial charge on any atom is 0.470 e. The van der Waals surface area contributed by atoms with Crippen molar-refractivity contribution in [3.05, 3.63) is 0 Å². The second-order valence-corrected chi connectivity index (χ2v) is 10.5. The third-order valence-electron chi connectivity index (χ3n) is 6.65. The molecule has 18 heteroatoms. The number of phosphoric ester groups is 1. The Kier molecular flexibility index (Phi) is 10.2. The van der Waals surface area contributed by atoms with Gasteiger partial charge in [-0.25, -0.2) is 4.57 Å². The van der Waals surface area contributed by atoms with Gasteiger partial charge in [0.25, 0.3) is 0 Å². The molecule has 2 saturated heterocycles. The number of rotatable bonds is 8. The third kappa shape index (κ3) is 6.77. The summed E-state index contributed by atoms with van der Waals surface area (Å²) < 4.78 is 38.9. The Balaban J connectivity index is 1.78. The van der Waals surface area contributed by atoms with Crippen molar-refractivity contribution in [1.82, 2.24) is 0 Å². The van der Waals surface area contributed by atoms with Crippen molar-refractivity contribution in [2.75, 3.05) is 13.2 Å². The lowest BCUT2D eigenvalue weighted by molar-refractivity contribution is -0.312. The number of nitrogens with two attached hydrogens (primary N) is 5. The largest absolute Gasteiger partial charge is 0.470 e. The van der Waals surface area contributed by atoms with E-state index in [0.717, 1.165) is 0 Å². The van der Waals surface area contributed by atoms with Crippen LogP contribution in [0.2, 0.25) is 0 Å². The van der Waals surface area contributed by atoms with E-state index in [1.54, 1.807) is 0 Å². The van der Waals surface area contributed by atoms with Crippen molar-refractivity contribution in [2.45, 2.75) is 98.4 Å². The molecule has 2 aliphatic heterocycles. The molecule has 36 heavy (non-hydrogen) atoms. The molecule has 0 aromatic carbocycles. The summed E-state index contributed by atoms with van der Waals surface area (Å²) in [6.07, 6.45) is -12.6. The molecule has 3 aliphatic rings. The Hall–Kier alpha value is -0.410. The minimum atomic E-state index is -5.13. The molecule has 3 fully saturated rings.